The van der Waals surface area contributed by atoms with Crippen LogP contribution in [0.2, 0.25) is 0 Å². The highest BCUT2D eigenvalue weighted by Crippen LogP contribution is 2.26. The lowest BCUT2D eigenvalue weighted by Crippen LogP contribution is -2.17. The number of sulfonamides is 1. The largest absolute Gasteiger partial charge is 0.495 e. The lowest BCUT2D eigenvalue weighted by atomic mass is 10.2. The summed E-state index contributed by atoms with van der Waals surface area (Å²) in [5.41, 5.74) is 0.843. The van der Waals surface area contributed by atoms with Crippen LogP contribution in [0, 0.1) is 6.92 Å². The molecule has 1 aromatic carbocycles. The summed E-state index contributed by atoms with van der Waals surface area (Å²) in [6, 6.07) is 6.63. The first-order valence-electron chi connectivity index (χ1n) is 6.17. The number of methoxy groups -OCH3 is 1. The summed E-state index contributed by atoms with van der Waals surface area (Å²) in [5.74, 6) is 0.738. The zero-order chi connectivity index (χ0) is 14.8. The molecule has 0 bridgehead atoms. The maximum Gasteiger partial charge on any atom is 0.266 e. The predicted molar refractivity (Wildman–Crippen MR) is 76.4 cm³/mol. The minimum Gasteiger partial charge on any atom is -0.495 e. The van der Waals surface area contributed by atoms with Crippen LogP contribution in [0.1, 0.15) is 12.5 Å². The van der Waals surface area contributed by atoms with E-state index in [2.05, 4.69) is 9.82 Å². The van der Waals surface area contributed by atoms with Gasteiger partial charge in [-0.3, -0.25) is 4.72 Å². The number of hydrogen-bond acceptors (Lipinski definition) is 4. The highest BCUT2D eigenvalue weighted by Gasteiger charge is 2.21. The Balaban J connectivity index is 2.43. The summed E-state index contributed by atoms with van der Waals surface area (Å²) in [7, 11) is -2.27. The monoisotopic (exact) mass is 295 g/mol. The molecule has 0 saturated heterocycles. The van der Waals surface area contributed by atoms with Gasteiger partial charge in [0.15, 0.2) is 0 Å². The molecule has 1 N–H and O–H groups in total. The molecule has 6 nitrogen and oxygen atoms in total. The van der Waals surface area contributed by atoms with Crippen LogP contribution in [-0.2, 0) is 16.6 Å². The SMILES string of the molecule is CCn1nccc1NS(=O)(=O)c1cc(C)ccc1OC. The number of aromatic nitrogens is 2. The minimum absolute atomic E-state index is 0.115. The van der Waals surface area contributed by atoms with E-state index in [4.69, 9.17) is 4.74 Å². The van der Waals surface area contributed by atoms with E-state index in [1.54, 1.807) is 35.1 Å². The van der Waals surface area contributed by atoms with Crippen LogP contribution in [0.5, 0.6) is 5.75 Å². The lowest BCUT2D eigenvalue weighted by molar-refractivity contribution is 0.402. The molecular weight excluding hydrogens is 278 g/mol. The molecule has 108 valence electrons. The van der Waals surface area contributed by atoms with Gasteiger partial charge in [0.25, 0.3) is 10.0 Å². The Morgan fingerprint density at radius 1 is 1.35 bits per heavy atom. The molecule has 0 aliphatic rings. The van der Waals surface area contributed by atoms with Crippen molar-refractivity contribution in [3.8, 4) is 5.75 Å². The average Bonchev–Trinajstić information content (AvgIpc) is 2.85. The Bertz CT molecular complexity index is 707. The van der Waals surface area contributed by atoms with E-state index in [1.807, 2.05) is 13.8 Å². The van der Waals surface area contributed by atoms with Gasteiger partial charge in [-0.1, -0.05) is 6.07 Å². The Kier molecular flexibility index (Phi) is 3.99. The van der Waals surface area contributed by atoms with Crippen LogP contribution in [0.4, 0.5) is 5.82 Å². The number of ether oxygens (including phenoxy) is 1. The molecule has 0 amide bonds. The third kappa shape index (κ3) is 2.77. The fourth-order valence-electron chi connectivity index (χ4n) is 1.86. The maximum atomic E-state index is 12.5. The lowest BCUT2D eigenvalue weighted by Gasteiger charge is -2.12. The van der Waals surface area contributed by atoms with Gasteiger partial charge in [0.05, 0.1) is 13.3 Å². The molecule has 2 aromatic rings. The fraction of sp³-hybridized carbons (Fsp3) is 0.308. The van der Waals surface area contributed by atoms with Crippen molar-refractivity contribution in [2.24, 2.45) is 0 Å². The molecule has 0 aliphatic carbocycles. The van der Waals surface area contributed by atoms with E-state index in [0.29, 0.717) is 18.1 Å². The first kappa shape index (κ1) is 14.4. The molecule has 0 radical (unpaired) electrons. The third-order valence-corrected chi connectivity index (χ3v) is 4.24. The van der Waals surface area contributed by atoms with Crippen molar-refractivity contribution >= 4 is 15.8 Å². The van der Waals surface area contributed by atoms with Crippen molar-refractivity contribution in [1.29, 1.82) is 0 Å². The van der Waals surface area contributed by atoms with Crippen LogP contribution in [0.3, 0.4) is 0 Å². The first-order chi connectivity index (χ1) is 9.47. The Labute approximate surface area is 118 Å². The van der Waals surface area contributed by atoms with Crippen molar-refractivity contribution in [3.05, 3.63) is 36.0 Å². The van der Waals surface area contributed by atoms with Crippen LogP contribution in [0.15, 0.2) is 35.4 Å². The Hall–Kier alpha value is -2.02. The molecule has 0 spiro atoms. The van der Waals surface area contributed by atoms with Gasteiger partial charge in [-0.25, -0.2) is 13.1 Å². The minimum atomic E-state index is -3.72. The molecule has 20 heavy (non-hydrogen) atoms. The third-order valence-electron chi connectivity index (χ3n) is 2.86. The molecule has 0 saturated carbocycles. The molecule has 1 heterocycles. The van der Waals surface area contributed by atoms with Crippen LogP contribution < -0.4 is 9.46 Å². The van der Waals surface area contributed by atoms with Gasteiger partial charge in [-0.05, 0) is 31.5 Å². The van der Waals surface area contributed by atoms with E-state index in [-0.39, 0.29) is 4.90 Å². The number of hydrogen-bond donors (Lipinski definition) is 1. The number of benzene rings is 1. The highest BCUT2D eigenvalue weighted by molar-refractivity contribution is 7.92. The second kappa shape index (κ2) is 5.54. The fourth-order valence-corrected chi connectivity index (χ4v) is 3.17. The second-order valence-corrected chi connectivity index (χ2v) is 5.94. The van der Waals surface area contributed by atoms with E-state index in [0.717, 1.165) is 5.56 Å². The number of nitrogens with one attached hydrogen (secondary N) is 1. The topological polar surface area (TPSA) is 73.2 Å². The van der Waals surface area contributed by atoms with Crippen LogP contribution in [0.25, 0.3) is 0 Å². The van der Waals surface area contributed by atoms with E-state index in [1.165, 1.54) is 7.11 Å². The summed E-state index contributed by atoms with van der Waals surface area (Å²) in [6.45, 7) is 4.29. The summed E-state index contributed by atoms with van der Waals surface area (Å²) < 4.78 is 34.2. The Morgan fingerprint density at radius 2 is 2.10 bits per heavy atom. The zero-order valence-corrected chi connectivity index (χ0v) is 12.4. The molecule has 7 heteroatoms. The molecule has 0 atom stereocenters. The molecule has 0 unspecified atom stereocenters. The normalized spacial score (nSPS) is 11.3. The van der Waals surface area contributed by atoms with Gasteiger partial charge in [0.2, 0.25) is 0 Å². The summed E-state index contributed by atoms with van der Waals surface area (Å²) >= 11 is 0. The number of nitrogens with zero attached hydrogens (tertiary/aromatic N) is 2. The molecule has 2 rings (SSSR count). The summed E-state index contributed by atoms with van der Waals surface area (Å²) in [5, 5.41) is 4.03. The van der Waals surface area contributed by atoms with Crippen molar-refractivity contribution in [2.45, 2.75) is 25.3 Å². The van der Waals surface area contributed by atoms with Crippen molar-refractivity contribution in [1.82, 2.24) is 9.78 Å². The average molecular weight is 295 g/mol. The number of anilines is 1. The molecule has 0 fully saturated rings. The van der Waals surface area contributed by atoms with E-state index >= 15 is 0 Å². The first-order valence-corrected chi connectivity index (χ1v) is 7.65. The van der Waals surface area contributed by atoms with Crippen LogP contribution in [-0.4, -0.2) is 25.3 Å². The van der Waals surface area contributed by atoms with Gasteiger partial charge < -0.3 is 4.74 Å². The Morgan fingerprint density at radius 3 is 2.75 bits per heavy atom. The van der Waals surface area contributed by atoms with Crippen molar-refractivity contribution in [3.63, 3.8) is 0 Å². The van der Waals surface area contributed by atoms with E-state index in [9.17, 15) is 8.42 Å². The molecule has 0 aliphatic heterocycles. The maximum absolute atomic E-state index is 12.5. The summed E-state index contributed by atoms with van der Waals surface area (Å²) in [4.78, 5) is 0.115. The van der Waals surface area contributed by atoms with Gasteiger partial charge in [0, 0.05) is 12.6 Å². The number of aryl methyl sites for hydroxylation is 2. The van der Waals surface area contributed by atoms with Crippen LogP contribution >= 0.6 is 0 Å². The smallest absolute Gasteiger partial charge is 0.266 e. The quantitative estimate of drug-likeness (QED) is 0.916. The summed E-state index contributed by atoms with van der Waals surface area (Å²) in [6.07, 6.45) is 1.55. The zero-order valence-electron chi connectivity index (χ0n) is 11.6. The van der Waals surface area contributed by atoms with Crippen molar-refractivity contribution < 1.29 is 13.2 Å². The number of rotatable bonds is 5. The van der Waals surface area contributed by atoms with E-state index < -0.39 is 10.0 Å². The second-order valence-electron chi connectivity index (χ2n) is 4.29. The van der Waals surface area contributed by atoms with Gasteiger partial charge in [-0.15, -0.1) is 0 Å². The van der Waals surface area contributed by atoms with Gasteiger partial charge >= 0.3 is 0 Å². The molecular formula is C13H17N3O3S. The van der Waals surface area contributed by atoms with Gasteiger partial charge in [0.1, 0.15) is 16.5 Å². The predicted octanol–water partition coefficient (Wildman–Crippen LogP) is 2.02. The standard InChI is InChI=1S/C13H17N3O3S/c1-4-16-13(7-8-14-16)15-20(17,18)12-9-10(2)5-6-11(12)19-3/h5-9,15H,4H2,1-3H3. The molecule has 1 aromatic heterocycles. The highest BCUT2D eigenvalue weighted by atomic mass is 32.2. The van der Waals surface area contributed by atoms with Gasteiger partial charge in [-0.2, -0.15) is 5.10 Å². The van der Waals surface area contributed by atoms with Crippen molar-refractivity contribution in [2.75, 3.05) is 11.8 Å².